The van der Waals surface area contributed by atoms with Gasteiger partial charge in [-0.2, -0.15) is 0 Å². The lowest BCUT2D eigenvalue weighted by atomic mass is 10.7. The van der Waals surface area contributed by atoms with Crippen LogP contribution in [0.4, 0.5) is 0 Å². The van der Waals surface area contributed by atoms with Crippen molar-refractivity contribution in [3.63, 3.8) is 0 Å². The molecule has 0 aromatic heterocycles. The van der Waals surface area contributed by atoms with Gasteiger partial charge in [0.1, 0.15) is 0 Å². The highest BCUT2D eigenvalue weighted by molar-refractivity contribution is 7.59. The molecule has 0 saturated carbocycles. The molecule has 0 aliphatic rings. The molecule has 0 heterocycles. The SMILES string of the molecule is C=CC#CP(=O)(OCC)OCC. The van der Waals surface area contributed by atoms with Crippen molar-refractivity contribution < 1.29 is 13.6 Å². The number of allylic oxidation sites excluding steroid dienone is 1. The molecule has 0 rings (SSSR count). The predicted molar refractivity (Wildman–Crippen MR) is 48.8 cm³/mol. The van der Waals surface area contributed by atoms with Crippen molar-refractivity contribution in [1.82, 2.24) is 0 Å². The van der Waals surface area contributed by atoms with E-state index >= 15 is 0 Å². The number of hydrogen-bond donors (Lipinski definition) is 0. The summed E-state index contributed by atoms with van der Waals surface area (Å²) in [5, 5.41) is 0. The zero-order chi connectivity index (χ0) is 9.45. The van der Waals surface area contributed by atoms with E-state index in [-0.39, 0.29) is 0 Å². The molecule has 0 unspecified atom stereocenters. The van der Waals surface area contributed by atoms with Crippen molar-refractivity contribution in [3.05, 3.63) is 12.7 Å². The summed E-state index contributed by atoms with van der Waals surface area (Å²) >= 11 is 0. The van der Waals surface area contributed by atoms with E-state index in [1.54, 1.807) is 13.8 Å². The summed E-state index contributed by atoms with van der Waals surface area (Å²) in [4.78, 5) is 0. The van der Waals surface area contributed by atoms with Gasteiger partial charge >= 0.3 is 7.60 Å². The van der Waals surface area contributed by atoms with E-state index in [1.807, 2.05) is 0 Å². The topological polar surface area (TPSA) is 35.5 Å². The Labute approximate surface area is 73.3 Å². The van der Waals surface area contributed by atoms with Crippen LogP contribution in [0.15, 0.2) is 12.7 Å². The first-order valence-electron chi connectivity index (χ1n) is 3.71. The van der Waals surface area contributed by atoms with E-state index in [2.05, 4.69) is 18.2 Å². The third-order valence-corrected chi connectivity index (χ3v) is 2.50. The Balaban J connectivity index is 4.38. The van der Waals surface area contributed by atoms with Crippen LogP contribution in [0.1, 0.15) is 13.8 Å². The molecule has 0 bridgehead atoms. The second kappa shape index (κ2) is 6.02. The van der Waals surface area contributed by atoms with E-state index in [9.17, 15) is 4.57 Å². The average molecular weight is 188 g/mol. The van der Waals surface area contributed by atoms with Crippen LogP contribution in [0, 0.1) is 11.6 Å². The summed E-state index contributed by atoms with van der Waals surface area (Å²) in [6.07, 6.45) is 1.35. The first kappa shape index (κ1) is 11.4. The Hall–Kier alpha value is -0.550. The van der Waals surface area contributed by atoms with Gasteiger partial charge in [0, 0.05) is 5.66 Å². The Morgan fingerprint density at radius 3 is 2.25 bits per heavy atom. The highest BCUT2D eigenvalue weighted by atomic mass is 31.2. The molecular formula is C8H13O3P. The molecule has 0 aliphatic carbocycles. The van der Waals surface area contributed by atoms with Crippen molar-refractivity contribution >= 4 is 7.60 Å². The molecule has 12 heavy (non-hydrogen) atoms. The molecule has 68 valence electrons. The molecule has 3 nitrogen and oxygen atoms in total. The molecule has 4 heteroatoms. The third kappa shape index (κ3) is 4.35. The fourth-order valence-corrected chi connectivity index (χ4v) is 1.70. The first-order chi connectivity index (χ1) is 5.68. The van der Waals surface area contributed by atoms with E-state index in [4.69, 9.17) is 9.05 Å². The van der Waals surface area contributed by atoms with E-state index < -0.39 is 7.60 Å². The van der Waals surface area contributed by atoms with Crippen LogP contribution in [-0.4, -0.2) is 13.2 Å². The minimum atomic E-state index is -3.17. The van der Waals surface area contributed by atoms with Gasteiger partial charge in [0.05, 0.1) is 13.2 Å². The molecular weight excluding hydrogens is 175 g/mol. The van der Waals surface area contributed by atoms with Crippen molar-refractivity contribution in [2.24, 2.45) is 0 Å². The Morgan fingerprint density at radius 2 is 1.92 bits per heavy atom. The Bertz CT molecular complexity index is 226. The highest BCUT2D eigenvalue weighted by Crippen LogP contribution is 2.46. The van der Waals surface area contributed by atoms with Gasteiger partial charge < -0.3 is 0 Å². The quantitative estimate of drug-likeness (QED) is 0.502. The van der Waals surface area contributed by atoms with Crippen LogP contribution in [-0.2, 0) is 13.6 Å². The minimum Gasteiger partial charge on any atom is -0.300 e. The summed E-state index contributed by atoms with van der Waals surface area (Å²) in [5.74, 6) is 2.46. The molecule has 0 spiro atoms. The van der Waals surface area contributed by atoms with Crippen LogP contribution in [0.5, 0.6) is 0 Å². The number of hydrogen-bond acceptors (Lipinski definition) is 3. The highest BCUT2D eigenvalue weighted by Gasteiger charge is 2.19. The molecule has 0 aromatic carbocycles. The summed E-state index contributed by atoms with van der Waals surface area (Å²) < 4.78 is 21.3. The number of rotatable bonds is 4. The fourth-order valence-electron chi connectivity index (χ4n) is 0.566. The Kier molecular flexibility index (Phi) is 5.74. The Morgan fingerprint density at radius 1 is 1.42 bits per heavy atom. The lowest BCUT2D eigenvalue weighted by Gasteiger charge is -2.09. The van der Waals surface area contributed by atoms with Crippen molar-refractivity contribution in [2.75, 3.05) is 13.2 Å². The molecule has 0 saturated heterocycles. The standard InChI is InChI=1S/C8H13O3P/c1-4-7-8-12(9,10-5-2)11-6-3/h4H,1,5-6H2,2-3H3. The summed E-state index contributed by atoms with van der Waals surface area (Å²) in [6.45, 7) is 7.50. The van der Waals surface area contributed by atoms with Crippen LogP contribution < -0.4 is 0 Å². The van der Waals surface area contributed by atoms with Crippen molar-refractivity contribution in [2.45, 2.75) is 13.8 Å². The van der Waals surface area contributed by atoms with Gasteiger partial charge in [-0.05, 0) is 19.9 Å². The van der Waals surface area contributed by atoms with Gasteiger partial charge in [-0.15, -0.1) is 0 Å². The molecule has 0 aromatic rings. The minimum absolute atomic E-state index is 0.323. The van der Waals surface area contributed by atoms with Gasteiger partial charge in [0.15, 0.2) is 0 Å². The smallest absolute Gasteiger partial charge is 0.300 e. The van der Waals surface area contributed by atoms with Gasteiger partial charge in [0.2, 0.25) is 0 Å². The zero-order valence-corrected chi connectivity index (χ0v) is 8.27. The fraction of sp³-hybridized carbons (Fsp3) is 0.500. The lowest BCUT2D eigenvalue weighted by molar-refractivity contribution is 0.230. The summed E-state index contributed by atoms with van der Waals surface area (Å²) in [5.41, 5.74) is 2.39. The second-order valence-corrected chi connectivity index (χ2v) is 3.53. The van der Waals surface area contributed by atoms with Crippen LogP contribution >= 0.6 is 7.60 Å². The van der Waals surface area contributed by atoms with Crippen molar-refractivity contribution in [1.29, 1.82) is 0 Å². The average Bonchev–Trinajstić information content (AvgIpc) is 2.02. The van der Waals surface area contributed by atoms with Gasteiger partial charge in [-0.3, -0.25) is 9.05 Å². The van der Waals surface area contributed by atoms with Crippen LogP contribution in [0.25, 0.3) is 0 Å². The van der Waals surface area contributed by atoms with Crippen LogP contribution in [0.3, 0.4) is 0 Å². The normalized spacial score (nSPS) is 10.2. The summed E-state index contributed by atoms with van der Waals surface area (Å²) in [7, 11) is -3.17. The van der Waals surface area contributed by atoms with Gasteiger partial charge in [-0.25, -0.2) is 4.57 Å². The molecule has 0 radical (unpaired) electrons. The maximum absolute atomic E-state index is 11.5. The molecule has 0 atom stereocenters. The van der Waals surface area contributed by atoms with E-state index in [0.29, 0.717) is 13.2 Å². The molecule has 0 amide bonds. The third-order valence-electron chi connectivity index (χ3n) is 0.902. The zero-order valence-electron chi connectivity index (χ0n) is 7.37. The van der Waals surface area contributed by atoms with Crippen LogP contribution in [0.2, 0.25) is 0 Å². The van der Waals surface area contributed by atoms with Gasteiger partial charge in [-0.1, -0.05) is 12.5 Å². The largest absolute Gasteiger partial charge is 0.405 e. The first-order valence-corrected chi connectivity index (χ1v) is 5.25. The summed E-state index contributed by atoms with van der Waals surface area (Å²) in [6, 6.07) is 0. The monoisotopic (exact) mass is 188 g/mol. The second-order valence-electron chi connectivity index (χ2n) is 1.79. The predicted octanol–water partition coefficient (Wildman–Crippen LogP) is 2.40. The van der Waals surface area contributed by atoms with Gasteiger partial charge in [0.25, 0.3) is 0 Å². The van der Waals surface area contributed by atoms with Crippen molar-refractivity contribution in [3.8, 4) is 11.6 Å². The maximum atomic E-state index is 11.5. The molecule has 0 aliphatic heterocycles. The lowest BCUT2D eigenvalue weighted by Crippen LogP contribution is -1.92. The maximum Gasteiger partial charge on any atom is 0.405 e. The van der Waals surface area contributed by atoms with E-state index in [1.165, 1.54) is 6.08 Å². The molecule has 0 fully saturated rings. The van der Waals surface area contributed by atoms with E-state index in [0.717, 1.165) is 0 Å². The molecule has 0 N–H and O–H groups in total.